The molecule has 0 bridgehead atoms. The first-order valence-corrected chi connectivity index (χ1v) is 5.10. The zero-order valence-electron chi connectivity index (χ0n) is 7.51. The van der Waals surface area contributed by atoms with E-state index in [1.165, 1.54) is 17.4 Å². The maximum atomic E-state index is 13.6. The molecule has 0 spiro atoms. The molecule has 1 aromatic heterocycles. The Morgan fingerprint density at radius 1 is 1.43 bits per heavy atom. The van der Waals surface area contributed by atoms with Gasteiger partial charge in [-0.25, -0.2) is 8.78 Å². The normalized spacial score (nSPS) is 10.8. The highest BCUT2D eigenvalue weighted by Gasteiger charge is 2.15. The molecule has 1 nitrogen and oxygen atoms in total. The van der Waals surface area contributed by atoms with Crippen molar-refractivity contribution in [2.45, 2.75) is 6.92 Å². The molecule has 1 heterocycles. The summed E-state index contributed by atoms with van der Waals surface area (Å²) in [6.45, 7) is 1.95. The van der Waals surface area contributed by atoms with Crippen LogP contribution in [0.4, 0.5) is 8.78 Å². The van der Waals surface area contributed by atoms with E-state index in [2.05, 4.69) is 0 Å². The molecule has 0 fully saturated rings. The number of hydrogen-bond donors (Lipinski definition) is 0. The first kappa shape index (κ1) is 9.40. The van der Waals surface area contributed by atoms with Crippen molar-refractivity contribution in [2.24, 2.45) is 0 Å². The second-order valence-electron chi connectivity index (χ2n) is 2.77. The van der Waals surface area contributed by atoms with Crippen molar-refractivity contribution in [3.05, 3.63) is 29.1 Å². The van der Waals surface area contributed by atoms with Crippen LogP contribution in [0.1, 0.15) is 6.92 Å². The molecule has 0 unspecified atom stereocenters. The summed E-state index contributed by atoms with van der Waals surface area (Å²) in [7, 11) is 0. The van der Waals surface area contributed by atoms with Gasteiger partial charge in [0.05, 0.1) is 11.3 Å². The van der Waals surface area contributed by atoms with E-state index in [1.54, 1.807) is 18.4 Å². The monoisotopic (exact) mass is 214 g/mol. The Labute approximate surface area is 83.9 Å². The van der Waals surface area contributed by atoms with Crippen molar-refractivity contribution in [3.8, 4) is 5.75 Å². The molecule has 0 radical (unpaired) electrons. The Morgan fingerprint density at radius 3 is 2.93 bits per heavy atom. The van der Waals surface area contributed by atoms with Crippen LogP contribution in [0.3, 0.4) is 0 Å². The van der Waals surface area contributed by atoms with Gasteiger partial charge in [-0.1, -0.05) is 0 Å². The second kappa shape index (κ2) is 3.53. The maximum Gasteiger partial charge on any atom is 0.192 e. The molecular formula is C10H8F2OS. The van der Waals surface area contributed by atoms with Crippen LogP contribution in [0.15, 0.2) is 17.5 Å². The molecule has 2 rings (SSSR count). The molecule has 0 aliphatic rings. The Hall–Kier alpha value is -1.16. The number of thiophene rings is 1. The highest BCUT2D eigenvalue weighted by molar-refractivity contribution is 7.17. The van der Waals surface area contributed by atoms with Crippen LogP contribution < -0.4 is 4.74 Å². The minimum absolute atomic E-state index is 0.255. The summed E-state index contributed by atoms with van der Waals surface area (Å²) in [6.07, 6.45) is 0. The third-order valence-corrected chi connectivity index (χ3v) is 2.80. The zero-order valence-corrected chi connectivity index (χ0v) is 8.33. The molecule has 0 atom stereocenters. The van der Waals surface area contributed by atoms with Gasteiger partial charge in [0.15, 0.2) is 17.4 Å². The summed E-state index contributed by atoms with van der Waals surface area (Å²) >= 11 is 1.24. The molecule has 4 heteroatoms. The van der Waals surface area contributed by atoms with Gasteiger partial charge in [-0.15, -0.1) is 11.3 Å². The van der Waals surface area contributed by atoms with Gasteiger partial charge in [0.2, 0.25) is 0 Å². The molecule has 2 aromatic rings. The van der Waals surface area contributed by atoms with Gasteiger partial charge >= 0.3 is 0 Å². The Balaban J connectivity index is 2.69. The molecule has 0 aliphatic heterocycles. The summed E-state index contributed by atoms with van der Waals surface area (Å²) in [5.41, 5.74) is 0. The first-order chi connectivity index (χ1) is 6.74. The average Bonchev–Trinajstić information content (AvgIpc) is 2.60. The van der Waals surface area contributed by atoms with Crippen molar-refractivity contribution >= 4 is 21.4 Å². The summed E-state index contributed by atoms with van der Waals surface area (Å²) in [4.78, 5) is 0. The second-order valence-corrected chi connectivity index (χ2v) is 3.69. The van der Waals surface area contributed by atoms with E-state index in [9.17, 15) is 8.78 Å². The van der Waals surface area contributed by atoms with Crippen molar-refractivity contribution in [3.63, 3.8) is 0 Å². The van der Waals surface area contributed by atoms with Gasteiger partial charge < -0.3 is 4.74 Å². The van der Waals surface area contributed by atoms with Gasteiger partial charge in [-0.3, -0.25) is 0 Å². The minimum atomic E-state index is -0.643. The van der Waals surface area contributed by atoms with E-state index in [0.29, 0.717) is 10.1 Å². The van der Waals surface area contributed by atoms with E-state index in [-0.39, 0.29) is 12.4 Å². The van der Waals surface area contributed by atoms with Crippen LogP contribution in [-0.2, 0) is 0 Å². The average molecular weight is 214 g/mol. The van der Waals surface area contributed by atoms with Crippen LogP contribution in [0.2, 0.25) is 0 Å². The fourth-order valence-electron chi connectivity index (χ4n) is 1.30. The molecule has 0 saturated heterocycles. The fraction of sp³-hybridized carbons (Fsp3) is 0.200. The first-order valence-electron chi connectivity index (χ1n) is 4.22. The maximum absolute atomic E-state index is 13.6. The topological polar surface area (TPSA) is 9.23 Å². The third kappa shape index (κ3) is 1.35. The molecule has 1 aromatic carbocycles. The molecule has 14 heavy (non-hydrogen) atoms. The number of rotatable bonds is 2. The lowest BCUT2D eigenvalue weighted by Crippen LogP contribution is -1.97. The van der Waals surface area contributed by atoms with Gasteiger partial charge in [0, 0.05) is 0 Å². The number of hydrogen-bond acceptors (Lipinski definition) is 2. The SMILES string of the molecule is CCOc1c(F)cc2ccsc2c1F. The van der Waals surface area contributed by atoms with E-state index in [0.717, 1.165) is 0 Å². The standard InChI is InChI=1S/C10H8F2OS/c1-2-13-9-7(11)5-6-3-4-14-10(6)8(9)12/h3-5H,2H2,1H3. The van der Waals surface area contributed by atoms with Gasteiger partial charge in [-0.05, 0) is 29.8 Å². The lowest BCUT2D eigenvalue weighted by Gasteiger charge is -2.06. The van der Waals surface area contributed by atoms with Gasteiger partial charge in [0.25, 0.3) is 0 Å². The largest absolute Gasteiger partial charge is 0.488 e. The van der Waals surface area contributed by atoms with E-state index >= 15 is 0 Å². The van der Waals surface area contributed by atoms with Gasteiger partial charge in [0.1, 0.15) is 0 Å². The summed E-state index contributed by atoms with van der Waals surface area (Å²) in [5, 5.41) is 2.30. The predicted octanol–water partition coefficient (Wildman–Crippen LogP) is 3.58. The lowest BCUT2D eigenvalue weighted by atomic mass is 10.2. The molecule has 0 saturated carbocycles. The van der Waals surface area contributed by atoms with Crippen LogP contribution in [0, 0.1) is 11.6 Å². The quantitative estimate of drug-likeness (QED) is 0.742. The van der Waals surface area contributed by atoms with Crippen LogP contribution in [0.5, 0.6) is 5.75 Å². The van der Waals surface area contributed by atoms with Crippen LogP contribution in [-0.4, -0.2) is 6.61 Å². The van der Waals surface area contributed by atoms with E-state index in [4.69, 9.17) is 4.74 Å². The summed E-state index contributed by atoms with van der Waals surface area (Å²) in [5.74, 6) is -1.52. The summed E-state index contributed by atoms with van der Waals surface area (Å²) < 4.78 is 32.2. The van der Waals surface area contributed by atoms with Crippen molar-refractivity contribution in [1.82, 2.24) is 0 Å². The van der Waals surface area contributed by atoms with Crippen LogP contribution in [0.25, 0.3) is 10.1 Å². The molecule has 0 N–H and O–H groups in total. The smallest absolute Gasteiger partial charge is 0.192 e. The Kier molecular flexibility index (Phi) is 2.37. The third-order valence-electron chi connectivity index (χ3n) is 1.88. The highest BCUT2D eigenvalue weighted by atomic mass is 32.1. The van der Waals surface area contributed by atoms with Crippen molar-refractivity contribution in [2.75, 3.05) is 6.61 Å². The Bertz CT molecular complexity index is 464. The molecule has 0 aliphatic carbocycles. The van der Waals surface area contributed by atoms with Gasteiger partial charge in [-0.2, -0.15) is 0 Å². The zero-order chi connectivity index (χ0) is 10.1. The van der Waals surface area contributed by atoms with Crippen molar-refractivity contribution in [1.29, 1.82) is 0 Å². The minimum Gasteiger partial charge on any atom is -0.488 e. The van der Waals surface area contributed by atoms with Crippen LogP contribution >= 0.6 is 11.3 Å². The number of fused-ring (bicyclic) bond motifs is 1. The Morgan fingerprint density at radius 2 is 2.21 bits per heavy atom. The number of benzene rings is 1. The predicted molar refractivity (Wildman–Crippen MR) is 52.9 cm³/mol. The molecule has 0 amide bonds. The summed E-state index contributed by atoms with van der Waals surface area (Å²) in [6, 6.07) is 2.97. The molecular weight excluding hydrogens is 206 g/mol. The highest BCUT2D eigenvalue weighted by Crippen LogP contribution is 2.32. The molecule has 74 valence electrons. The van der Waals surface area contributed by atoms with E-state index < -0.39 is 11.6 Å². The fourth-order valence-corrected chi connectivity index (χ4v) is 2.11. The number of halogens is 2. The number of ether oxygens (including phenoxy) is 1. The van der Waals surface area contributed by atoms with Crippen molar-refractivity contribution < 1.29 is 13.5 Å². The van der Waals surface area contributed by atoms with E-state index in [1.807, 2.05) is 0 Å². The lowest BCUT2D eigenvalue weighted by molar-refractivity contribution is 0.305.